The van der Waals surface area contributed by atoms with Crippen molar-refractivity contribution in [3.63, 3.8) is 0 Å². The Bertz CT molecular complexity index is 436. The number of rotatable bonds is 4. The fraction of sp³-hybridized carbons (Fsp3) is 0.786. The van der Waals surface area contributed by atoms with Crippen LogP contribution in [0.25, 0.3) is 0 Å². The molecule has 1 aromatic heterocycles. The molecule has 21 heavy (non-hydrogen) atoms. The molecule has 1 aromatic rings. The fourth-order valence-corrected chi connectivity index (χ4v) is 2.64. The Morgan fingerprint density at radius 1 is 1.38 bits per heavy atom. The van der Waals surface area contributed by atoms with E-state index in [-0.39, 0.29) is 24.0 Å². The molecule has 0 saturated heterocycles. The average molecular weight is 406 g/mol. The van der Waals surface area contributed by atoms with Crippen LogP contribution in [-0.2, 0) is 13.1 Å². The summed E-state index contributed by atoms with van der Waals surface area (Å²) in [4.78, 5) is 4.29. The zero-order valence-corrected chi connectivity index (χ0v) is 15.5. The molecule has 1 aliphatic carbocycles. The van der Waals surface area contributed by atoms with Gasteiger partial charge in [-0.3, -0.25) is 4.99 Å². The van der Waals surface area contributed by atoms with Crippen molar-refractivity contribution in [1.29, 1.82) is 0 Å². The Morgan fingerprint density at radius 2 is 2.10 bits per heavy atom. The van der Waals surface area contributed by atoms with Crippen LogP contribution >= 0.6 is 24.0 Å². The molecule has 1 aliphatic rings. The third-order valence-corrected chi connectivity index (χ3v) is 4.03. The van der Waals surface area contributed by atoms with Crippen LogP contribution in [0.4, 0.5) is 0 Å². The number of nitrogens with one attached hydrogen (secondary N) is 2. The summed E-state index contributed by atoms with van der Waals surface area (Å²) in [6.07, 6.45) is 6.83. The van der Waals surface area contributed by atoms with Crippen LogP contribution < -0.4 is 10.6 Å². The van der Waals surface area contributed by atoms with E-state index in [1.807, 2.05) is 11.6 Å². The highest BCUT2D eigenvalue weighted by Crippen LogP contribution is 2.23. The van der Waals surface area contributed by atoms with E-state index in [4.69, 9.17) is 0 Å². The summed E-state index contributed by atoms with van der Waals surface area (Å²) in [5, 5.41) is 14.9. The quantitative estimate of drug-likeness (QED) is 0.457. The van der Waals surface area contributed by atoms with Crippen LogP contribution in [0, 0.1) is 5.92 Å². The van der Waals surface area contributed by atoms with Gasteiger partial charge in [-0.25, -0.2) is 0 Å². The van der Waals surface area contributed by atoms with Gasteiger partial charge in [0.05, 0.1) is 6.54 Å². The van der Waals surface area contributed by atoms with Crippen molar-refractivity contribution in [3.05, 3.63) is 12.2 Å². The Kier molecular flexibility index (Phi) is 7.98. The molecule has 0 radical (unpaired) electrons. The first kappa shape index (κ1) is 18.2. The molecule has 0 atom stereocenters. The third kappa shape index (κ3) is 5.44. The van der Waals surface area contributed by atoms with E-state index in [2.05, 4.69) is 39.7 Å². The largest absolute Gasteiger partial charge is 0.354 e. The van der Waals surface area contributed by atoms with E-state index < -0.39 is 0 Å². The molecule has 0 bridgehead atoms. The summed E-state index contributed by atoms with van der Waals surface area (Å²) in [7, 11) is 1.81. The zero-order valence-electron chi connectivity index (χ0n) is 13.2. The summed E-state index contributed by atoms with van der Waals surface area (Å²) in [6.45, 7) is 5.96. The van der Waals surface area contributed by atoms with Gasteiger partial charge < -0.3 is 15.2 Å². The van der Waals surface area contributed by atoms with Crippen molar-refractivity contribution in [2.75, 3.05) is 7.05 Å². The van der Waals surface area contributed by atoms with Crippen molar-refractivity contribution in [3.8, 4) is 0 Å². The van der Waals surface area contributed by atoms with E-state index in [0.29, 0.717) is 12.6 Å². The van der Waals surface area contributed by atoms with Crippen molar-refractivity contribution in [1.82, 2.24) is 25.4 Å². The zero-order chi connectivity index (χ0) is 14.4. The minimum absolute atomic E-state index is 0. The van der Waals surface area contributed by atoms with Gasteiger partial charge in [0.15, 0.2) is 11.8 Å². The van der Waals surface area contributed by atoms with Crippen LogP contribution in [0.1, 0.15) is 45.4 Å². The summed E-state index contributed by atoms with van der Waals surface area (Å²) in [5.41, 5.74) is 0. The first-order valence-electron chi connectivity index (χ1n) is 7.56. The molecule has 2 N–H and O–H groups in total. The normalized spacial score (nSPS) is 22.5. The third-order valence-electron chi connectivity index (χ3n) is 4.03. The molecule has 0 amide bonds. The minimum Gasteiger partial charge on any atom is -0.354 e. The molecule has 1 fully saturated rings. The van der Waals surface area contributed by atoms with Gasteiger partial charge in [-0.1, -0.05) is 6.92 Å². The second kappa shape index (κ2) is 9.22. The number of halogens is 1. The van der Waals surface area contributed by atoms with Gasteiger partial charge in [-0.2, -0.15) is 0 Å². The highest BCUT2D eigenvalue weighted by Gasteiger charge is 2.18. The van der Waals surface area contributed by atoms with E-state index in [1.54, 1.807) is 6.33 Å². The number of guanidine groups is 1. The monoisotopic (exact) mass is 406 g/mol. The van der Waals surface area contributed by atoms with Gasteiger partial charge in [0, 0.05) is 19.6 Å². The van der Waals surface area contributed by atoms with Gasteiger partial charge in [0.2, 0.25) is 0 Å². The maximum Gasteiger partial charge on any atom is 0.191 e. The van der Waals surface area contributed by atoms with Gasteiger partial charge >= 0.3 is 0 Å². The molecule has 1 heterocycles. The highest BCUT2D eigenvalue weighted by atomic mass is 127. The van der Waals surface area contributed by atoms with E-state index >= 15 is 0 Å². The lowest BCUT2D eigenvalue weighted by Crippen LogP contribution is -2.44. The van der Waals surface area contributed by atoms with Gasteiger partial charge in [0.25, 0.3) is 0 Å². The lowest BCUT2D eigenvalue weighted by Gasteiger charge is -2.28. The van der Waals surface area contributed by atoms with E-state index in [9.17, 15) is 0 Å². The molecule has 0 aromatic carbocycles. The van der Waals surface area contributed by atoms with E-state index in [0.717, 1.165) is 24.2 Å². The molecule has 0 aliphatic heterocycles. The topological polar surface area (TPSA) is 67.1 Å². The molecular weight excluding hydrogens is 379 g/mol. The van der Waals surface area contributed by atoms with Crippen molar-refractivity contribution in [2.24, 2.45) is 10.9 Å². The highest BCUT2D eigenvalue weighted by molar-refractivity contribution is 14.0. The van der Waals surface area contributed by atoms with Crippen molar-refractivity contribution in [2.45, 2.75) is 58.7 Å². The molecular formula is C14H27IN6. The first-order valence-corrected chi connectivity index (χ1v) is 7.56. The van der Waals surface area contributed by atoms with Gasteiger partial charge in [-0.05, 0) is 38.5 Å². The Balaban J connectivity index is 0.00000220. The van der Waals surface area contributed by atoms with Crippen LogP contribution in [0.3, 0.4) is 0 Å². The number of aliphatic imine (C=N–C) groups is 1. The second-order valence-electron chi connectivity index (χ2n) is 5.56. The summed E-state index contributed by atoms with van der Waals surface area (Å²) in [5.74, 6) is 2.66. The van der Waals surface area contributed by atoms with Crippen LogP contribution in [0.5, 0.6) is 0 Å². The van der Waals surface area contributed by atoms with Crippen molar-refractivity contribution < 1.29 is 0 Å². The van der Waals surface area contributed by atoms with Crippen LogP contribution in [0.2, 0.25) is 0 Å². The first-order chi connectivity index (χ1) is 9.72. The van der Waals surface area contributed by atoms with E-state index in [1.165, 1.54) is 25.7 Å². The lowest BCUT2D eigenvalue weighted by molar-refractivity contribution is 0.329. The number of hydrogen-bond donors (Lipinski definition) is 2. The number of aromatic nitrogens is 3. The predicted molar refractivity (Wildman–Crippen MR) is 95.9 cm³/mol. The number of hydrogen-bond acceptors (Lipinski definition) is 3. The van der Waals surface area contributed by atoms with Gasteiger partial charge in [-0.15, -0.1) is 34.2 Å². The fourth-order valence-electron chi connectivity index (χ4n) is 2.64. The SMILES string of the molecule is CCn1cnnc1CNC(=NC)NC1CCC(C)CC1.I. The molecule has 7 heteroatoms. The van der Waals surface area contributed by atoms with Crippen LogP contribution in [0.15, 0.2) is 11.3 Å². The number of aryl methyl sites for hydroxylation is 1. The molecule has 6 nitrogen and oxygen atoms in total. The molecule has 2 rings (SSSR count). The Morgan fingerprint density at radius 3 is 2.71 bits per heavy atom. The Hall–Kier alpha value is -0.860. The molecule has 120 valence electrons. The predicted octanol–water partition coefficient (Wildman–Crippen LogP) is 2.16. The summed E-state index contributed by atoms with van der Waals surface area (Å²) < 4.78 is 2.03. The van der Waals surface area contributed by atoms with Crippen molar-refractivity contribution >= 4 is 29.9 Å². The number of nitrogens with zero attached hydrogens (tertiary/aromatic N) is 4. The molecule has 0 unspecified atom stereocenters. The Labute approximate surface area is 144 Å². The molecule has 0 spiro atoms. The summed E-state index contributed by atoms with van der Waals surface area (Å²) in [6, 6.07) is 0.543. The maximum absolute atomic E-state index is 4.29. The standard InChI is InChI=1S/C14H26N6.HI/c1-4-20-10-17-19-13(20)9-16-14(15-3)18-12-7-5-11(2)6-8-12;/h10-12H,4-9H2,1-3H3,(H2,15,16,18);1H. The van der Waals surface area contributed by atoms with Crippen LogP contribution in [-0.4, -0.2) is 33.8 Å². The minimum atomic E-state index is 0. The smallest absolute Gasteiger partial charge is 0.191 e. The lowest BCUT2D eigenvalue weighted by atomic mass is 9.87. The summed E-state index contributed by atoms with van der Waals surface area (Å²) >= 11 is 0. The average Bonchev–Trinajstić information content (AvgIpc) is 2.93. The molecule has 1 saturated carbocycles. The van der Waals surface area contributed by atoms with Gasteiger partial charge in [0.1, 0.15) is 6.33 Å². The second-order valence-corrected chi connectivity index (χ2v) is 5.56. The maximum atomic E-state index is 4.29.